The summed E-state index contributed by atoms with van der Waals surface area (Å²) >= 11 is 12.2. The molecule has 0 saturated carbocycles. The molecule has 0 aliphatic carbocycles. The van der Waals surface area contributed by atoms with Crippen LogP contribution in [0.15, 0.2) is 47.4 Å². The van der Waals surface area contributed by atoms with Crippen LogP contribution in [0.2, 0.25) is 10.0 Å². The van der Waals surface area contributed by atoms with Gasteiger partial charge in [-0.05, 0) is 42.3 Å². The van der Waals surface area contributed by atoms with Gasteiger partial charge in [0.05, 0.1) is 18.2 Å². The van der Waals surface area contributed by atoms with Gasteiger partial charge in [-0.3, -0.25) is 0 Å². The highest BCUT2D eigenvalue weighted by Crippen LogP contribution is 2.27. The van der Waals surface area contributed by atoms with Crippen LogP contribution >= 0.6 is 23.2 Å². The maximum Gasteiger partial charge on any atom is 0.244 e. The summed E-state index contributed by atoms with van der Waals surface area (Å²) in [6.45, 7) is 4.02. The van der Waals surface area contributed by atoms with E-state index in [4.69, 9.17) is 27.9 Å². The van der Waals surface area contributed by atoms with Crippen LogP contribution in [0, 0.1) is 0 Å². The summed E-state index contributed by atoms with van der Waals surface area (Å²) in [5, 5.41) is 4.31. The number of nitrogens with zero attached hydrogens (tertiary/aromatic N) is 1. The van der Waals surface area contributed by atoms with Crippen molar-refractivity contribution >= 4 is 33.2 Å². The van der Waals surface area contributed by atoms with E-state index in [1.165, 1.54) is 4.31 Å². The van der Waals surface area contributed by atoms with Crippen molar-refractivity contribution in [2.75, 3.05) is 26.3 Å². The minimum atomic E-state index is -3.64. The summed E-state index contributed by atoms with van der Waals surface area (Å²) in [5.74, 6) is 0. The molecule has 1 saturated heterocycles. The Labute approximate surface area is 170 Å². The van der Waals surface area contributed by atoms with Crippen LogP contribution in [0.4, 0.5) is 0 Å². The van der Waals surface area contributed by atoms with Crippen molar-refractivity contribution in [3.05, 3.63) is 63.6 Å². The van der Waals surface area contributed by atoms with E-state index >= 15 is 0 Å². The Balaban J connectivity index is 1.75. The van der Waals surface area contributed by atoms with E-state index in [2.05, 4.69) is 5.32 Å². The van der Waals surface area contributed by atoms with Gasteiger partial charge in [-0.1, -0.05) is 41.4 Å². The van der Waals surface area contributed by atoms with Gasteiger partial charge in [-0.25, -0.2) is 8.42 Å². The number of nitrogens with one attached hydrogen (secondary N) is 1. The van der Waals surface area contributed by atoms with Crippen LogP contribution in [-0.2, 0) is 21.3 Å². The maximum absolute atomic E-state index is 12.9. The Kier molecular flexibility index (Phi) is 6.78. The van der Waals surface area contributed by atoms with Gasteiger partial charge in [0.1, 0.15) is 4.90 Å². The number of morpholine rings is 1. The zero-order valence-electron chi connectivity index (χ0n) is 15.0. The second-order valence-electron chi connectivity index (χ2n) is 6.44. The molecule has 0 spiro atoms. The average molecular weight is 429 g/mol. The van der Waals surface area contributed by atoms with Crippen LogP contribution in [-0.4, -0.2) is 39.0 Å². The number of hydrogen-bond acceptors (Lipinski definition) is 4. The van der Waals surface area contributed by atoms with E-state index in [-0.39, 0.29) is 16.0 Å². The molecule has 2 aromatic carbocycles. The van der Waals surface area contributed by atoms with E-state index in [0.717, 1.165) is 11.1 Å². The molecule has 1 heterocycles. The number of benzene rings is 2. The first-order chi connectivity index (χ1) is 12.9. The molecule has 1 N–H and O–H groups in total. The largest absolute Gasteiger partial charge is 0.379 e. The Bertz CT molecular complexity index is 900. The Morgan fingerprint density at radius 2 is 1.89 bits per heavy atom. The molecule has 0 aromatic heterocycles. The Morgan fingerprint density at radius 1 is 1.15 bits per heavy atom. The number of rotatable bonds is 6. The normalized spacial score (nSPS) is 17.0. The van der Waals surface area contributed by atoms with Gasteiger partial charge in [0.25, 0.3) is 0 Å². The van der Waals surface area contributed by atoms with Crippen LogP contribution in [0.25, 0.3) is 0 Å². The van der Waals surface area contributed by atoms with Crippen LogP contribution < -0.4 is 5.32 Å². The molecule has 27 heavy (non-hydrogen) atoms. The van der Waals surface area contributed by atoms with Crippen molar-refractivity contribution in [1.82, 2.24) is 9.62 Å². The number of halogens is 2. The Morgan fingerprint density at radius 3 is 2.59 bits per heavy atom. The molecule has 1 fully saturated rings. The second-order valence-corrected chi connectivity index (χ2v) is 9.19. The molecule has 1 aliphatic heterocycles. The lowest BCUT2D eigenvalue weighted by atomic mass is 10.1. The zero-order chi connectivity index (χ0) is 19.4. The average Bonchev–Trinajstić information content (AvgIpc) is 2.67. The van der Waals surface area contributed by atoms with E-state index in [9.17, 15) is 8.42 Å². The molecule has 1 atom stereocenters. The highest BCUT2D eigenvalue weighted by atomic mass is 35.5. The van der Waals surface area contributed by atoms with Crippen molar-refractivity contribution in [1.29, 1.82) is 0 Å². The van der Waals surface area contributed by atoms with Gasteiger partial charge in [-0.15, -0.1) is 0 Å². The van der Waals surface area contributed by atoms with Gasteiger partial charge >= 0.3 is 0 Å². The van der Waals surface area contributed by atoms with E-state index < -0.39 is 10.0 Å². The molecule has 0 radical (unpaired) electrons. The minimum absolute atomic E-state index is 0.0682. The molecule has 8 heteroatoms. The van der Waals surface area contributed by atoms with Crippen LogP contribution in [0.1, 0.15) is 24.1 Å². The van der Waals surface area contributed by atoms with E-state index in [0.29, 0.717) is 37.9 Å². The van der Waals surface area contributed by atoms with Gasteiger partial charge in [-0.2, -0.15) is 4.31 Å². The number of hydrogen-bond donors (Lipinski definition) is 1. The lowest BCUT2D eigenvalue weighted by Crippen LogP contribution is -2.40. The summed E-state index contributed by atoms with van der Waals surface area (Å²) in [6, 6.07) is 12.8. The highest BCUT2D eigenvalue weighted by Gasteiger charge is 2.28. The predicted octanol–water partition coefficient (Wildman–Crippen LogP) is 3.87. The van der Waals surface area contributed by atoms with Gasteiger partial charge in [0.2, 0.25) is 10.0 Å². The minimum Gasteiger partial charge on any atom is -0.379 e. The first-order valence-electron chi connectivity index (χ1n) is 8.73. The SMILES string of the molecule is C[C@@H](NCc1ccc(Cl)c(S(=O)(=O)N2CCOCC2)c1)c1cccc(Cl)c1. The second kappa shape index (κ2) is 8.90. The van der Waals surface area contributed by atoms with E-state index in [1.54, 1.807) is 12.1 Å². The summed E-state index contributed by atoms with van der Waals surface area (Å²) in [4.78, 5) is 0.140. The molecule has 0 bridgehead atoms. The monoisotopic (exact) mass is 428 g/mol. The topological polar surface area (TPSA) is 58.6 Å². The highest BCUT2D eigenvalue weighted by molar-refractivity contribution is 7.89. The molecule has 5 nitrogen and oxygen atoms in total. The van der Waals surface area contributed by atoms with Gasteiger partial charge in [0, 0.05) is 30.7 Å². The molecule has 2 aromatic rings. The summed E-state index contributed by atoms with van der Waals surface area (Å²) in [7, 11) is -3.64. The fourth-order valence-corrected chi connectivity index (χ4v) is 5.08. The number of ether oxygens (including phenoxy) is 1. The van der Waals surface area contributed by atoms with Crippen LogP contribution in [0.3, 0.4) is 0 Å². The maximum atomic E-state index is 12.9. The predicted molar refractivity (Wildman–Crippen MR) is 108 cm³/mol. The van der Waals surface area contributed by atoms with Crippen molar-refractivity contribution in [3.8, 4) is 0 Å². The van der Waals surface area contributed by atoms with Gasteiger partial charge in [0.15, 0.2) is 0 Å². The Hall–Kier alpha value is -1.15. The van der Waals surface area contributed by atoms with Crippen molar-refractivity contribution in [2.24, 2.45) is 0 Å². The third-order valence-corrected chi connectivity index (χ3v) is 7.16. The third-order valence-electron chi connectivity index (χ3n) is 4.54. The lowest BCUT2D eigenvalue weighted by molar-refractivity contribution is 0.0730. The quantitative estimate of drug-likeness (QED) is 0.758. The zero-order valence-corrected chi connectivity index (χ0v) is 17.3. The molecule has 0 unspecified atom stereocenters. The molecule has 0 amide bonds. The first-order valence-corrected chi connectivity index (χ1v) is 10.9. The summed E-state index contributed by atoms with van der Waals surface area (Å²) in [5.41, 5.74) is 1.91. The smallest absolute Gasteiger partial charge is 0.244 e. The molecular formula is C19H22Cl2N2O3S. The van der Waals surface area contributed by atoms with Crippen molar-refractivity contribution in [2.45, 2.75) is 24.4 Å². The molecule has 1 aliphatic rings. The third kappa shape index (κ3) is 5.02. The van der Waals surface area contributed by atoms with Crippen LogP contribution in [0.5, 0.6) is 0 Å². The summed E-state index contributed by atoms with van der Waals surface area (Å²) < 4.78 is 32.5. The fraction of sp³-hybridized carbons (Fsp3) is 0.368. The van der Waals surface area contributed by atoms with E-state index in [1.807, 2.05) is 37.3 Å². The summed E-state index contributed by atoms with van der Waals surface area (Å²) in [6.07, 6.45) is 0. The van der Waals surface area contributed by atoms with Crippen molar-refractivity contribution in [3.63, 3.8) is 0 Å². The molecule has 3 rings (SSSR count). The van der Waals surface area contributed by atoms with Gasteiger partial charge < -0.3 is 10.1 Å². The first kappa shape index (κ1) is 20.6. The standard InChI is InChI=1S/C19H22Cl2N2O3S/c1-14(16-3-2-4-17(20)12-16)22-13-15-5-6-18(21)19(11-15)27(24,25)23-7-9-26-10-8-23/h2-6,11-12,14,22H,7-10,13H2,1H3/t14-/m1/s1. The van der Waals surface area contributed by atoms with Crippen molar-refractivity contribution < 1.29 is 13.2 Å². The fourth-order valence-electron chi connectivity index (χ4n) is 2.95. The number of sulfonamides is 1. The molecule has 146 valence electrons. The molecular weight excluding hydrogens is 407 g/mol. The lowest BCUT2D eigenvalue weighted by Gasteiger charge is -2.26.